The molecule has 0 radical (unpaired) electrons. The Hall–Kier alpha value is -0.120. The molecule has 1 aliphatic heterocycles. The fourth-order valence-electron chi connectivity index (χ4n) is 2.76. The first kappa shape index (κ1) is 13.3. The van der Waals surface area contributed by atoms with E-state index in [1.165, 1.54) is 45.3 Å². The van der Waals surface area contributed by atoms with Crippen molar-refractivity contribution in [2.75, 3.05) is 39.4 Å². The molecule has 2 aliphatic rings. The van der Waals surface area contributed by atoms with Crippen LogP contribution in [-0.2, 0) is 4.74 Å². The molecule has 17 heavy (non-hydrogen) atoms. The van der Waals surface area contributed by atoms with Crippen LogP contribution in [0.3, 0.4) is 0 Å². The lowest BCUT2D eigenvalue weighted by molar-refractivity contribution is 0.110. The van der Waals surface area contributed by atoms with Crippen LogP contribution < -0.4 is 5.32 Å². The Labute approximate surface area is 106 Å². The quantitative estimate of drug-likeness (QED) is 0.701. The zero-order chi connectivity index (χ0) is 12.1. The molecule has 0 bridgehead atoms. The Balaban J connectivity index is 1.84. The molecule has 2 rings (SSSR count). The molecule has 3 heteroatoms. The standard InChI is InChI=1S/C14H28N2O/c1-3-8-16(4-2)11-14(7-9-17-12-14)10-15-13-5-6-13/h13,15H,3-12H2,1-2H3. The minimum Gasteiger partial charge on any atom is -0.381 e. The van der Waals surface area contributed by atoms with Crippen molar-refractivity contribution in [1.29, 1.82) is 0 Å². The monoisotopic (exact) mass is 240 g/mol. The number of ether oxygens (including phenoxy) is 1. The highest BCUT2D eigenvalue weighted by Crippen LogP contribution is 2.31. The van der Waals surface area contributed by atoms with Crippen LogP contribution in [0.2, 0.25) is 0 Å². The Morgan fingerprint density at radius 1 is 1.35 bits per heavy atom. The van der Waals surface area contributed by atoms with E-state index in [1.807, 2.05) is 0 Å². The molecular weight excluding hydrogens is 212 g/mol. The van der Waals surface area contributed by atoms with Crippen molar-refractivity contribution in [3.63, 3.8) is 0 Å². The van der Waals surface area contributed by atoms with Crippen LogP contribution >= 0.6 is 0 Å². The second-order valence-electron chi connectivity index (χ2n) is 5.83. The molecule has 0 spiro atoms. The molecule has 1 heterocycles. The van der Waals surface area contributed by atoms with Gasteiger partial charge in [0, 0.05) is 31.2 Å². The number of hydrogen-bond donors (Lipinski definition) is 1. The Morgan fingerprint density at radius 2 is 2.18 bits per heavy atom. The van der Waals surface area contributed by atoms with E-state index >= 15 is 0 Å². The third-order valence-electron chi connectivity index (χ3n) is 4.07. The molecule has 1 atom stereocenters. The fraction of sp³-hybridized carbons (Fsp3) is 1.00. The summed E-state index contributed by atoms with van der Waals surface area (Å²) in [5.74, 6) is 0. The highest BCUT2D eigenvalue weighted by molar-refractivity contribution is 4.91. The van der Waals surface area contributed by atoms with Crippen molar-refractivity contribution in [3.8, 4) is 0 Å². The summed E-state index contributed by atoms with van der Waals surface area (Å²) in [6, 6.07) is 0.814. The highest BCUT2D eigenvalue weighted by atomic mass is 16.5. The van der Waals surface area contributed by atoms with Crippen LogP contribution in [0.5, 0.6) is 0 Å². The summed E-state index contributed by atoms with van der Waals surface area (Å²) in [5, 5.41) is 3.70. The third-order valence-corrected chi connectivity index (χ3v) is 4.07. The molecule has 0 aromatic heterocycles. The van der Waals surface area contributed by atoms with E-state index in [0.717, 1.165) is 25.8 Å². The first-order valence-corrected chi connectivity index (χ1v) is 7.31. The van der Waals surface area contributed by atoms with E-state index in [-0.39, 0.29) is 0 Å². The lowest BCUT2D eigenvalue weighted by Crippen LogP contribution is -2.45. The summed E-state index contributed by atoms with van der Waals surface area (Å²) in [5.41, 5.74) is 0.383. The smallest absolute Gasteiger partial charge is 0.0547 e. The topological polar surface area (TPSA) is 24.5 Å². The molecule has 3 nitrogen and oxygen atoms in total. The first-order chi connectivity index (χ1) is 8.28. The van der Waals surface area contributed by atoms with Gasteiger partial charge >= 0.3 is 0 Å². The van der Waals surface area contributed by atoms with Gasteiger partial charge in [-0.15, -0.1) is 0 Å². The van der Waals surface area contributed by atoms with Gasteiger partial charge in [0.1, 0.15) is 0 Å². The van der Waals surface area contributed by atoms with Crippen molar-refractivity contribution in [2.24, 2.45) is 5.41 Å². The van der Waals surface area contributed by atoms with E-state index in [1.54, 1.807) is 0 Å². The van der Waals surface area contributed by atoms with E-state index in [9.17, 15) is 0 Å². The van der Waals surface area contributed by atoms with Crippen LogP contribution in [0.1, 0.15) is 39.5 Å². The van der Waals surface area contributed by atoms with Gasteiger partial charge in [-0.2, -0.15) is 0 Å². The van der Waals surface area contributed by atoms with E-state index in [4.69, 9.17) is 4.74 Å². The molecule has 0 aromatic carbocycles. The van der Waals surface area contributed by atoms with Crippen molar-refractivity contribution < 1.29 is 4.74 Å². The maximum atomic E-state index is 5.67. The van der Waals surface area contributed by atoms with Crippen molar-refractivity contribution in [2.45, 2.75) is 45.6 Å². The maximum absolute atomic E-state index is 5.67. The molecule has 100 valence electrons. The maximum Gasteiger partial charge on any atom is 0.0547 e. The summed E-state index contributed by atoms with van der Waals surface area (Å²) in [7, 11) is 0. The van der Waals surface area contributed by atoms with Gasteiger partial charge in [-0.3, -0.25) is 0 Å². The van der Waals surface area contributed by atoms with E-state index in [2.05, 4.69) is 24.1 Å². The predicted octanol–water partition coefficient (Wildman–Crippen LogP) is 1.88. The van der Waals surface area contributed by atoms with E-state index in [0.29, 0.717) is 5.41 Å². The van der Waals surface area contributed by atoms with Crippen molar-refractivity contribution >= 4 is 0 Å². The van der Waals surface area contributed by atoms with Gasteiger partial charge in [0.25, 0.3) is 0 Å². The van der Waals surface area contributed by atoms with Crippen molar-refractivity contribution in [3.05, 3.63) is 0 Å². The Morgan fingerprint density at radius 3 is 2.71 bits per heavy atom. The molecular formula is C14H28N2O. The van der Waals surface area contributed by atoms with Gasteiger partial charge in [-0.25, -0.2) is 0 Å². The highest BCUT2D eigenvalue weighted by Gasteiger charge is 2.37. The number of hydrogen-bond acceptors (Lipinski definition) is 3. The Bertz CT molecular complexity index is 222. The van der Waals surface area contributed by atoms with Crippen LogP contribution in [0, 0.1) is 5.41 Å². The average molecular weight is 240 g/mol. The van der Waals surface area contributed by atoms with Crippen LogP contribution in [0.4, 0.5) is 0 Å². The second-order valence-corrected chi connectivity index (χ2v) is 5.83. The molecule has 0 amide bonds. The molecule has 1 aliphatic carbocycles. The van der Waals surface area contributed by atoms with Crippen LogP contribution in [0.25, 0.3) is 0 Å². The third kappa shape index (κ3) is 3.94. The molecule has 0 aromatic rings. The SMILES string of the molecule is CCCN(CC)CC1(CNC2CC2)CCOC1. The summed E-state index contributed by atoms with van der Waals surface area (Å²) >= 11 is 0. The van der Waals surface area contributed by atoms with Gasteiger partial charge in [0.2, 0.25) is 0 Å². The number of rotatable bonds is 8. The lowest BCUT2D eigenvalue weighted by atomic mass is 9.86. The molecule has 1 N–H and O–H groups in total. The zero-order valence-electron chi connectivity index (χ0n) is 11.5. The molecule has 1 saturated heterocycles. The number of nitrogens with zero attached hydrogens (tertiary/aromatic N) is 1. The normalized spacial score (nSPS) is 29.1. The minimum absolute atomic E-state index is 0.383. The second kappa shape index (κ2) is 6.17. The van der Waals surface area contributed by atoms with Gasteiger partial charge in [-0.05, 0) is 38.8 Å². The van der Waals surface area contributed by atoms with Gasteiger partial charge < -0.3 is 15.0 Å². The summed E-state index contributed by atoms with van der Waals surface area (Å²) in [6.45, 7) is 11.2. The minimum atomic E-state index is 0.383. The predicted molar refractivity (Wildman–Crippen MR) is 71.3 cm³/mol. The van der Waals surface area contributed by atoms with Crippen LogP contribution in [-0.4, -0.2) is 50.3 Å². The Kier molecular flexibility index (Phi) is 4.83. The molecule has 2 fully saturated rings. The van der Waals surface area contributed by atoms with Gasteiger partial charge in [0.05, 0.1) is 6.61 Å². The van der Waals surface area contributed by atoms with Crippen LogP contribution in [0.15, 0.2) is 0 Å². The molecule has 1 unspecified atom stereocenters. The first-order valence-electron chi connectivity index (χ1n) is 7.31. The van der Waals surface area contributed by atoms with E-state index < -0.39 is 0 Å². The lowest BCUT2D eigenvalue weighted by Gasteiger charge is -2.34. The summed E-state index contributed by atoms with van der Waals surface area (Å²) in [6.07, 6.45) is 5.24. The zero-order valence-corrected chi connectivity index (χ0v) is 11.5. The number of nitrogens with one attached hydrogen (secondary N) is 1. The summed E-state index contributed by atoms with van der Waals surface area (Å²) < 4.78 is 5.67. The molecule has 1 saturated carbocycles. The largest absolute Gasteiger partial charge is 0.381 e. The fourth-order valence-corrected chi connectivity index (χ4v) is 2.76. The van der Waals surface area contributed by atoms with Crippen molar-refractivity contribution in [1.82, 2.24) is 10.2 Å². The summed E-state index contributed by atoms with van der Waals surface area (Å²) in [4.78, 5) is 2.59. The van der Waals surface area contributed by atoms with Gasteiger partial charge in [0.15, 0.2) is 0 Å². The average Bonchev–Trinajstić information content (AvgIpc) is 3.07. The van der Waals surface area contributed by atoms with Gasteiger partial charge in [-0.1, -0.05) is 13.8 Å².